The Morgan fingerprint density at radius 2 is 1.77 bits per heavy atom. The molecule has 0 spiro atoms. The van der Waals surface area contributed by atoms with Crippen LogP contribution in [0.4, 0.5) is 5.69 Å². The van der Waals surface area contributed by atoms with Gasteiger partial charge in [-0.15, -0.1) is 0 Å². The number of ether oxygens (including phenoxy) is 1. The third-order valence-corrected chi connectivity index (χ3v) is 5.27. The molecular weight excluding hydrogens is 384 g/mol. The van der Waals surface area contributed by atoms with Crippen LogP contribution in [0.2, 0.25) is 5.02 Å². The van der Waals surface area contributed by atoms with Crippen molar-refractivity contribution < 1.29 is 22.9 Å². The molecule has 0 heterocycles. The topological polar surface area (TPSA) is 116 Å². The maximum Gasteiger partial charge on any atom is 0.307 e. The second-order valence-electron chi connectivity index (χ2n) is 5.26. The van der Waals surface area contributed by atoms with Crippen molar-refractivity contribution in [3.05, 3.63) is 69.2 Å². The lowest BCUT2D eigenvalue weighted by atomic mass is 10.1. The lowest BCUT2D eigenvalue weighted by molar-refractivity contribution is -0.384. The Morgan fingerprint density at radius 3 is 2.27 bits per heavy atom. The SMILES string of the molecule is COC(=O)CC(NS(=O)(=O)c1ccc([N+](=O)[O-])cc1)c1ccc(Cl)cc1. The molecule has 8 nitrogen and oxygen atoms in total. The number of carbonyl (C=O) groups excluding carboxylic acids is 1. The van der Waals surface area contributed by atoms with Crippen LogP contribution >= 0.6 is 11.6 Å². The van der Waals surface area contributed by atoms with E-state index < -0.39 is 27.0 Å². The first kappa shape index (κ1) is 19.8. The molecule has 0 aliphatic carbocycles. The fourth-order valence-electron chi connectivity index (χ4n) is 2.17. The number of non-ortho nitro benzene ring substituents is 1. The largest absolute Gasteiger partial charge is 0.469 e. The molecule has 0 fully saturated rings. The fraction of sp³-hybridized carbons (Fsp3) is 0.188. The molecule has 0 aromatic heterocycles. The second-order valence-corrected chi connectivity index (χ2v) is 7.41. The number of nitro benzene ring substituents is 1. The molecule has 0 saturated heterocycles. The molecule has 0 amide bonds. The summed E-state index contributed by atoms with van der Waals surface area (Å²) in [7, 11) is -2.83. The van der Waals surface area contributed by atoms with E-state index in [4.69, 9.17) is 11.6 Å². The van der Waals surface area contributed by atoms with Crippen molar-refractivity contribution in [2.75, 3.05) is 7.11 Å². The summed E-state index contributed by atoms with van der Waals surface area (Å²) in [5.74, 6) is -0.601. The summed E-state index contributed by atoms with van der Waals surface area (Å²) in [6.45, 7) is 0. The van der Waals surface area contributed by atoms with Gasteiger partial charge in [0.15, 0.2) is 0 Å². The highest BCUT2D eigenvalue weighted by atomic mass is 35.5. The third kappa shape index (κ3) is 5.01. The van der Waals surface area contributed by atoms with E-state index in [9.17, 15) is 23.3 Å². The first-order valence-electron chi connectivity index (χ1n) is 7.32. The summed E-state index contributed by atoms with van der Waals surface area (Å²) >= 11 is 5.83. The van der Waals surface area contributed by atoms with Crippen LogP contribution in [0.1, 0.15) is 18.0 Å². The maximum atomic E-state index is 12.6. The van der Waals surface area contributed by atoms with Crippen LogP contribution in [0.25, 0.3) is 0 Å². The summed E-state index contributed by atoms with van der Waals surface area (Å²) in [6, 6.07) is 9.86. The van der Waals surface area contributed by atoms with Gasteiger partial charge >= 0.3 is 5.97 Å². The van der Waals surface area contributed by atoms with Gasteiger partial charge in [-0.05, 0) is 29.8 Å². The van der Waals surface area contributed by atoms with E-state index in [1.54, 1.807) is 24.3 Å². The van der Waals surface area contributed by atoms with Gasteiger partial charge in [-0.1, -0.05) is 23.7 Å². The van der Waals surface area contributed by atoms with Gasteiger partial charge in [-0.3, -0.25) is 14.9 Å². The smallest absolute Gasteiger partial charge is 0.307 e. The normalized spacial score (nSPS) is 12.4. The molecule has 0 bridgehead atoms. The lowest BCUT2D eigenvalue weighted by Gasteiger charge is -2.18. The van der Waals surface area contributed by atoms with Gasteiger partial charge in [0.25, 0.3) is 5.69 Å². The number of nitrogens with one attached hydrogen (secondary N) is 1. The van der Waals surface area contributed by atoms with Gasteiger partial charge in [-0.25, -0.2) is 13.1 Å². The predicted octanol–water partition coefficient (Wildman–Crippen LogP) is 2.83. The molecule has 2 aromatic rings. The minimum absolute atomic E-state index is 0.160. The number of rotatable bonds is 7. The minimum atomic E-state index is -4.03. The Morgan fingerprint density at radius 1 is 1.19 bits per heavy atom. The number of methoxy groups -OCH3 is 1. The zero-order chi connectivity index (χ0) is 19.3. The number of hydrogen-bond donors (Lipinski definition) is 1. The Bertz CT molecular complexity index is 897. The van der Waals surface area contributed by atoms with E-state index in [1.807, 2.05) is 0 Å². The number of nitrogens with zero attached hydrogens (tertiary/aromatic N) is 1. The van der Waals surface area contributed by atoms with Crippen LogP contribution in [-0.4, -0.2) is 26.4 Å². The van der Waals surface area contributed by atoms with Crippen LogP contribution in [-0.2, 0) is 19.6 Å². The average Bonchev–Trinajstić information content (AvgIpc) is 2.61. The van der Waals surface area contributed by atoms with Gasteiger partial charge in [0.1, 0.15) is 0 Å². The number of hydrogen-bond acceptors (Lipinski definition) is 6. The number of esters is 1. The van der Waals surface area contributed by atoms with E-state index in [1.165, 1.54) is 7.11 Å². The van der Waals surface area contributed by atoms with Gasteiger partial charge in [-0.2, -0.15) is 0 Å². The molecule has 0 aliphatic heterocycles. The van der Waals surface area contributed by atoms with Crippen LogP contribution in [0.3, 0.4) is 0 Å². The van der Waals surface area contributed by atoms with E-state index >= 15 is 0 Å². The summed E-state index contributed by atoms with van der Waals surface area (Å²) in [6.07, 6.45) is -0.232. The molecule has 0 saturated carbocycles. The summed E-state index contributed by atoms with van der Waals surface area (Å²) in [5, 5.41) is 11.1. The van der Waals surface area contributed by atoms with Gasteiger partial charge in [0.2, 0.25) is 10.0 Å². The maximum absolute atomic E-state index is 12.6. The first-order chi connectivity index (χ1) is 12.2. The molecular formula is C16H15ClN2O6S. The molecule has 1 unspecified atom stereocenters. The minimum Gasteiger partial charge on any atom is -0.469 e. The molecule has 2 rings (SSSR count). The highest BCUT2D eigenvalue weighted by Gasteiger charge is 2.24. The molecule has 1 atom stereocenters. The number of benzene rings is 2. The van der Waals surface area contributed by atoms with Gasteiger partial charge < -0.3 is 4.74 Å². The van der Waals surface area contributed by atoms with Gasteiger partial charge in [0, 0.05) is 17.2 Å². The van der Waals surface area contributed by atoms with Crippen molar-refractivity contribution in [1.82, 2.24) is 4.72 Å². The highest BCUT2D eigenvalue weighted by Crippen LogP contribution is 2.23. The summed E-state index contributed by atoms with van der Waals surface area (Å²) in [5.41, 5.74) is 0.290. The average molecular weight is 399 g/mol. The van der Waals surface area contributed by atoms with E-state index in [-0.39, 0.29) is 17.0 Å². The van der Waals surface area contributed by atoms with Gasteiger partial charge in [0.05, 0.1) is 29.4 Å². The van der Waals surface area contributed by atoms with Crippen molar-refractivity contribution in [2.45, 2.75) is 17.4 Å². The quantitative estimate of drug-likeness (QED) is 0.435. The van der Waals surface area contributed by atoms with Crippen LogP contribution in [0.5, 0.6) is 0 Å². The second kappa shape index (κ2) is 8.26. The van der Waals surface area contributed by atoms with Crippen molar-refractivity contribution in [2.24, 2.45) is 0 Å². The van der Waals surface area contributed by atoms with E-state index in [2.05, 4.69) is 9.46 Å². The number of carbonyl (C=O) groups is 1. The number of sulfonamides is 1. The summed E-state index contributed by atoms with van der Waals surface area (Å²) < 4.78 is 32.2. The lowest BCUT2D eigenvalue weighted by Crippen LogP contribution is -2.30. The number of nitro groups is 1. The van der Waals surface area contributed by atoms with Crippen molar-refractivity contribution >= 4 is 33.3 Å². The fourth-order valence-corrected chi connectivity index (χ4v) is 3.53. The molecule has 0 aliphatic rings. The first-order valence-corrected chi connectivity index (χ1v) is 9.18. The molecule has 138 valence electrons. The Balaban J connectivity index is 2.31. The number of halogens is 1. The molecule has 10 heteroatoms. The zero-order valence-electron chi connectivity index (χ0n) is 13.6. The predicted molar refractivity (Wildman–Crippen MR) is 94.2 cm³/mol. The van der Waals surface area contributed by atoms with Crippen molar-refractivity contribution in [3.8, 4) is 0 Å². The van der Waals surface area contributed by atoms with Crippen molar-refractivity contribution in [1.29, 1.82) is 0 Å². The standard InChI is InChI=1S/C16H15ClN2O6S/c1-25-16(20)10-15(11-2-4-12(17)5-3-11)18-26(23,24)14-8-6-13(7-9-14)19(21)22/h2-9,15,18H,10H2,1H3. The van der Waals surface area contributed by atoms with Crippen LogP contribution in [0.15, 0.2) is 53.4 Å². The zero-order valence-corrected chi connectivity index (χ0v) is 15.2. The van der Waals surface area contributed by atoms with Crippen LogP contribution < -0.4 is 4.72 Å². The third-order valence-electron chi connectivity index (χ3n) is 3.53. The monoisotopic (exact) mass is 398 g/mol. The summed E-state index contributed by atoms with van der Waals surface area (Å²) in [4.78, 5) is 21.5. The van der Waals surface area contributed by atoms with E-state index in [0.29, 0.717) is 10.6 Å². The Hall–Kier alpha value is -2.49. The molecule has 2 aromatic carbocycles. The van der Waals surface area contributed by atoms with E-state index in [0.717, 1.165) is 24.3 Å². The Kier molecular flexibility index (Phi) is 6.30. The Labute approximate surface area is 154 Å². The molecule has 26 heavy (non-hydrogen) atoms. The highest BCUT2D eigenvalue weighted by molar-refractivity contribution is 7.89. The molecule has 0 radical (unpaired) electrons. The van der Waals surface area contributed by atoms with Crippen molar-refractivity contribution in [3.63, 3.8) is 0 Å². The van der Waals surface area contributed by atoms with Crippen LogP contribution in [0, 0.1) is 10.1 Å². The molecule has 1 N–H and O–H groups in total.